The molecule has 0 saturated heterocycles. The van der Waals surface area contributed by atoms with E-state index in [-0.39, 0.29) is 4.75 Å². The van der Waals surface area contributed by atoms with Gasteiger partial charge in [0.15, 0.2) is 0 Å². The van der Waals surface area contributed by atoms with Crippen LogP contribution in [0.2, 0.25) is 0 Å². The fraction of sp³-hybridized carbons (Fsp3) is 0.375. The first kappa shape index (κ1) is 8.61. The van der Waals surface area contributed by atoms with E-state index in [1.807, 2.05) is 6.07 Å². The van der Waals surface area contributed by atoms with Crippen molar-refractivity contribution in [2.24, 2.45) is 0 Å². The Morgan fingerprint density at radius 3 is 2.75 bits per heavy atom. The second-order valence-electron chi connectivity index (χ2n) is 2.77. The molecule has 1 aliphatic rings. The zero-order valence-electron chi connectivity index (χ0n) is 6.21. The Kier molecular flexibility index (Phi) is 2.19. The van der Waals surface area contributed by atoms with Crippen molar-refractivity contribution >= 4 is 39.0 Å². The van der Waals surface area contributed by atoms with Gasteiger partial charge in [0.05, 0.1) is 14.1 Å². The van der Waals surface area contributed by atoms with Gasteiger partial charge in [-0.05, 0) is 40.9 Å². The Morgan fingerprint density at radius 1 is 1.58 bits per heavy atom. The van der Waals surface area contributed by atoms with Crippen LogP contribution < -0.4 is 0 Å². The standard InChI is InChI=1S/C8H6BrNS2/c9-6-1-2-7(11-6)12-8(5-10)3-4-8/h1-2H,3-4H2. The summed E-state index contributed by atoms with van der Waals surface area (Å²) >= 11 is 6.81. The molecule has 0 aromatic carbocycles. The number of hydrogen-bond acceptors (Lipinski definition) is 3. The van der Waals surface area contributed by atoms with Crippen molar-refractivity contribution < 1.29 is 0 Å². The molecule has 0 spiro atoms. The molecule has 1 aromatic heterocycles. The Labute approximate surface area is 87.9 Å². The van der Waals surface area contributed by atoms with Crippen LogP contribution in [0.1, 0.15) is 12.8 Å². The van der Waals surface area contributed by atoms with E-state index in [0.717, 1.165) is 16.6 Å². The summed E-state index contributed by atoms with van der Waals surface area (Å²) in [6.45, 7) is 0. The highest BCUT2D eigenvalue weighted by molar-refractivity contribution is 9.11. The van der Waals surface area contributed by atoms with E-state index in [2.05, 4.69) is 28.1 Å². The SMILES string of the molecule is N#CC1(Sc2ccc(Br)s2)CC1. The topological polar surface area (TPSA) is 23.8 Å². The van der Waals surface area contributed by atoms with Gasteiger partial charge in [0.25, 0.3) is 0 Å². The van der Waals surface area contributed by atoms with Gasteiger partial charge in [-0.3, -0.25) is 0 Å². The van der Waals surface area contributed by atoms with Crippen LogP contribution in [0, 0.1) is 11.3 Å². The lowest BCUT2D eigenvalue weighted by molar-refractivity contribution is 1.20. The second kappa shape index (κ2) is 3.06. The summed E-state index contributed by atoms with van der Waals surface area (Å²) in [5.74, 6) is 0. The highest BCUT2D eigenvalue weighted by Crippen LogP contribution is 2.52. The molecule has 1 aliphatic carbocycles. The first-order valence-corrected chi connectivity index (χ1v) is 6.02. The molecular weight excluding hydrogens is 254 g/mol. The van der Waals surface area contributed by atoms with Crippen LogP contribution in [0.4, 0.5) is 0 Å². The summed E-state index contributed by atoms with van der Waals surface area (Å²) in [5.41, 5.74) is 0. The van der Waals surface area contributed by atoms with E-state index < -0.39 is 0 Å². The van der Waals surface area contributed by atoms with E-state index >= 15 is 0 Å². The molecule has 62 valence electrons. The predicted molar refractivity (Wildman–Crippen MR) is 55.5 cm³/mol. The third-order valence-corrected chi connectivity index (χ3v) is 4.90. The molecule has 0 radical (unpaired) electrons. The molecular formula is C8H6BrNS2. The number of thiophene rings is 1. The average Bonchev–Trinajstić information content (AvgIpc) is 2.71. The molecule has 1 saturated carbocycles. The minimum Gasteiger partial charge on any atom is -0.197 e. The highest BCUT2D eigenvalue weighted by atomic mass is 79.9. The zero-order valence-corrected chi connectivity index (χ0v) is 9.43. The van der Waals surface area contributed by atoms with Gasteiger partial charge in [0.2, 0.25) is 0 Å². The zero-order chi connectivity index (χ0) is 8.60. The van der Waals surface area contributed by atoms with Gasteiger partial charge in [-0.25, -0.2) is 0 Å². The van der Waals surface area contributed by atoms with Crippen LogP contribution in [0.25, 0.3) is 0 Å². The number of halogens is 1. The van der Waals surface area contributed by atoms with Crippen molar-refractivity contribution in [3.8, 4) is 6.07 Å². The van der Waals surface area contributed by atoms with E-state index in [1.165, 1.54) is 4.21 Å². The van der Waals surface area contributed by atoms with Gasteiger partial charge >= 0.3 is 0 Å². The smallest absolute Gasteiger partial charge is 0.108 e. The van der Waals surface area contributed by atoms with Crippen LogP contribution in [0.5, 0.6) is 0 Å². The van der Waals surface area contributed by atoms with Crippen molar-refractivity contribution in [1.29, 1.82) is 5.26 Å². The van der Waals surface area contributed by atoms with Crippen molar-refractivity contribution in [2.45, 2.75) is 21.8 Å². The van der Waals surface area contributed by atoms with Gasteiger partial charge in [-0.1, -0.05) is 11.8 Å². The van der Waals surface area contributed by atoms with Crippen molar-refractivity contribution in [1.82, 2.24) is 0 Å². The lowest BCUT2D eigenvalue weighted by atomic mass is 10.5. The molecule has 2 rings (SSSR count). The first-order chi connectivity index (χ1) is 5.74. The maximum Gasteiger partial charge on any atom is 0.108 e. The molecule has 0 unspecified atom stereocenters. The summed E-state index contributed by atoms with van der Waals surface area (Å²) in [7, 11) is 0. The van der Waals surface area contributed by atoms with E-state index in [0.29, 0.717) is 0 Å². The Balaban J connectivity index is 2.10. The summed E-state index contributed by atoms with van der Waals surface area (Å²) < 4.78 is 2.30. The molecule has 4 heteroatoms. The number of nitrogens with zero attached hydrogens (tertiary/aromatic N) is 1. The van der Waals surface area contributed by atoms with Crippen LogP contribution >= 0.6 is 39.0 Å². The summed E-state index contributed by atoms with van der Waals surface area (Å²) in [6, 6.07) is 6.46. The number of thioether (sulfide) groups is 1. The maximum atomic E-state index is 8.85. The molecule has 1 heterocycles. The van der Waals surface area contributed by atoms with Gasteiger partial charge in [0.1, 0.15) is 4.75 Å². The highest BCUT2D eigenvalue weighted by Gasteiger charge is 2.44. The fourth-order valence-corrected chi connectivity index (χ4v) is 4.12. The van der Waals surface area contributed by atoms with E-state index in [9.17, 15) is 0 Å². The first-order valence-electron chi connectivity index (χ1n) is 3.60. The Hall–Kier alpha value is 0.0200. The Morgan fingerprint density at radius 2 is 2.33 bits per heavy atom. The molecule has 1 fully saturated rings. The molecule has 12 heavy (non-hydrogen) atoms. The normalized spacial score (nSPS) is 18.7. The predicted octanol–water partition coefficient (Wildman–Crippen LogP) is 3.66. The van der Waals surface area contributed by atoms with Crippen LogP contribution in [0.15, 0.2) is 20.1 Å². The summed E-state index contributed by atoms with van der Waals surface area (Å²) in [5, 5.41) is 8.85. The molecule has 0 bridgehead atoms. The van der Waals surface area contributed by atoms with Gasteiger partial charge < -0.3 is 0 Å². The largest absolute Gasteiger partial charge is 0.197 e. The van der Waals surface area contributed by atoms with Crippen LogP contribution in [-0.4, -0.2) is 4.75 Å². The van der Waals surface area contributed by atoms with Gasteiger partial charge in [-0.15, -0.1) is 11.3 Å². The second-order valence-corrected chi connectivity index (χ2v) is 6.91. The van der Waals surface area contributed by atoms with Crippen molar-refractivity contribution in [3.63, 3.8) is 0 Å². The third kappa shape index (κ3) is 1.68. The third-order valence-electron chi connectivity index (χ3n) is 1.75. The quantitative estimate of drug-likeness (QED) is 0.810. The van der Waals surface area contributed by atoms with Crippen molar-refractivity contribution in [3.05, 3.63) is 15.9 Å². The van der Waals surface area contributed by atoms with Gasteiger partial charge in [-0.2, -0.15) is 5.26 Å². The minimum atomic E-state index is -0.0791. The number of rotatable bonds is 2. The van der Waals surface area contributed by atoms with Crippen molar-refractivity contribution in [2.75, 3.05) is 0 Å². The molecule has 0 aliphatic heterocycles. The lowest BCUT2D eigenvalue weighted by Crippen LogP contribution is -1.94. The van der Waals surface area contributed by atoms with Crippen LogP contribution in [-0.2, 0) is 0 Å². The van der Waals surface area contributed by atoms with E-state index in [1.54, 1.807) is 23.1 Å². The molecule has 0 N–H and O–H groups in total. The molecule has 1 nitrogen and oxygen atoms in total. The number of hydrogen-bond donors (Lipinski definition) is 0. The molecule has 0 atom stereocenters. The monoisotopic (exact) mass is 259 g/mol. The van der Waals surface area contributed by atoms with Crippen LogP contribution in [0.3, 0.4) is 0 Å². The van der Waals surface area contributed by atoms with Gasteiger partial charge in [0, 0.05) is 0 Å². The number of nitriles is 1. The maximum absolute atomic E-state index is 8.85. The van der Waals surface area contributed by atoms with E-state index in [4.69, 9.17) is 5.26 Å². The molecule has 1 aromatic rings. The lowest BCUT2D eigenvalue weighted by Gasteiger charge is -2.00. The molecule has 0 amide bonds. The average molecular weight is 260 g/mol. The minimum absolute atomic E-state index is 0.0791. The summed E-state index contributed by atoms with van der Waals surface area (Å²) in [4.78, 5) is 0. The Bertz CT molecular complexity index is 335. The fourth-order valence-electron chi connectivity index (χ4n) is 0.895. The summed E-state index contributed by atoms with van der Waals surface area (Å²) in [6.07, 6.45) is 2.09.